The first-order valence-corrected chi connectivity index (χ1v) is 5.42. The fourth-order valence-electron chi connectivity index (χ4n) is 1.55. The van der Waals surface area contributed by atoms with E-state index in [-0.39, 0.29) is 11.6 Å². The van der Waals surface area contributed by atoms with Gasteiger partial charge in [0.15, 0.2) is 5.69 Å². The second kappa shape index (κ2) is 5.25. The number of hydrogen-bond donors (Lipinski definition) is 0. The summed E-state index contributed by atoms with van der Waals surface area (Å²) in [6, 6.07) is 9.81. The van der Waals surface area contributed by atoms with Crippen molar-refractivity contribution in [3.05, 3.63) is 47.8 Å². The van der Waals surface area contributed by atoms with Crippen LogP contribution in [0.2, 0.25) is 0 Å². The maximum Gasteiger partial charge on any atom is 0.278 e. The van der Waals surface area contributed by atoms with Crippen molar-refractivity contribution in [2.24, 2.45) is 0 Å². The molecule has 0 spiro atoms. The van der Waals surface area contributed by atoms with Crippen LogP contribution in [0.5, 0.6) is 0 Å². The highest BCUT2D eigenvalue weighted by Crippen LogP contribution is 2.07. The molecule has 17 heavy (non-hydrogen) atoms. The molecule has 0 aliphatic carbocycles. The summed E-state index contributed by atoms with van der Waals surface area (Å²) in [5.74, 6) is -0.169. The van der Waals surface area contributed by atoms with E-state index in [9.17, 15) is 4.79 Å². The van der Waals surface area contributed by atoms with Crippen LogP contribution < -0.4 is 0 Å². The Kier molecular flexibility index (Phi) is 3.49. The lowest BCUT2D eigenvalue weighted by Gasteiger charge is -2.19. The summed E-state index contributed by atoms with van der Waals surface area (Å²) in [6.45, 7) is 3.10. The number of nitrogens with zero attached hydrogens (tertiary/aromatic N) is 3. The molecular weight excluding hydrogens is 218 g/mol. The largest absolute Gasteiger partial charge is 0.333 e. The van der Waals surface area contributed by atoms with E-state index in [2.05, 4.69) is 14.9 Å². The molecule has 1 aromatic heterocycles. The molecule has 5 heteroatoms. The molecule has 0 fully saturated rings. The number of amides is 1. The van der Waals surface area contributed by atoms with Crippen LogP contribution in [0, 0.1) is 0 Å². The predicted octanol–water partition coefficient (Wildman–Crippen LogP) is 1.73. The lowest BCUT2D eigenvalue weighted by molar-refractivity contribution is 0.0741. The molecule has 0 aliphatic rings. The van der Waals surface area contributed by atoms with Crippen LogP contribution in [0.1, 0.15) is 23.0 Å². The van der Waals surface area contributed by atoms with Crippen LogP contribution in [-0.4, -0.2) is 27.7 Å². The Morgan fingerprint density at radius 2 is 2.12 bits per heavy atom. The fourth-order valence-corrected chi connectivity index (χ4v) is 1.55. The molecule has 1 amide bonds. The summed E-state index contributed by atoms with van der Waals surface area (Å²) in [5, 5.41) is 6.98. The standard InChI is InChI=1S/C12H13N3O2/c1-2-15(9-10-6-4-3-5-7-10)12(16)11-8-13-17-14-11/h3-8H,2,9H2,1H3. The fraction of sp³-hybridized carbons (Fsp3) is 0.250. The molecule has 0 saturated carbocycles. The predicted molar refractivity (Wildman–Crippen MR) is 61.2 cm³/mol. The van der Waals surface area contributed by atoms with Crippen LogP contribution in [-0.2, 0) is 6.54 Å². The van der Waals surface area contributed by atoms with Gasteiger partial charge in [-0.3, -0.25) is 4.79 Å². The van der Waals surface area contributed by atoms with Crippen LogP contribution >= 0.6 is 0 Å². The molecule has 0 aliphatic heterocycles. The molecule has 0 unspecified atom stereocenters. The second-order valence-electron chi connectivity index (χ2n) is 3.60. The van der Waals surface area contributed by atoms with Crippen LogP contribution in [0.25, 0.3) is 0 Å². The Labute approximate surface area is 99.0 Å². The minimum atomic E-state index is -0.169. The van der Waals surface area contributed by atoms with Gasteiger partial charge in [-0.05, 0) is 17.6 Å². The highest BCUT2D eigenvalue weighted by molar-refractivity contribution is 5.91. The van der Waals surface area contributed by atoms with Gasteiger partial charge < -0.3 is 4.90 Å². The van der Waals surface area contributed by atoms with Crippen LogP contribution in [0.4, 0.5) is 0 Å². The van der Waals surface area contributed by atoms with E-state index in [0.29, 0.717) is 13.1 Å². The van der Waals surface area contributed by atoms with Gasteiger partial charge in [-0.15, -0.1) is 0 Å². The van der Waals surface area contributed by atoms with Gasteiger partial charge in [0.05, 0.1) is 0 Å². The Morgan fingerprint density at radius 3 is 2.71 bits per heavy atom. The first-order chi connectivity index (χ1) is 8.31. The van der Waals surface area contributed by atoms with E-state index < -0.39 is 0 Å². The number of rotatable bonds is 4. The molecule has 0 radical (unpaired) electrons. The van der Waals surface area contributed by atoms with E-state index in [4.69, 9.17) is 0 Å². The summed E-state index contributed by atoms with van der Waals surface area (Å²) in [5.41, 5.74) is 1.32. The lowest BCUT2D eigenvalue weighted by Crippen LogP contribution is -2.30. The third kappa shape index (κ3) is 2.69. The van der Waals surface area contributed by atoms with Crippen LogP contribution in [0.15, 0.2) is 41.2 Å². The Morgan fingerprint density at radius 1 is 1.35 bits per heavy atom. The van der Waals surface area contributed by atoms with Crippen molar-refractivity contribution in [2.45, 2.75) is 13.5 Å². The first kappa shape index (κ1) is 11.3. The Hall–Kier alpha value is -2.17. The Balaban J connectivity index is 2.10. The van der Waals surface area contributed by atoms with Crippen molar-refractivity contribution in [2.75, 3.05) is 6.54 Å². The molecule has 1 aromatic carbocycles. The third-order valence-corrected chi connectivity index (χ3v) is 2.47. The van der Waals surface area contributed by atoms with Crippen molar-refractivity contribution in [1.29, 1.82) is 0 Å². The van der Waals surface area contributed by atoms with Gasteiger partial charge in [0, 0.05) is 13.1 Å². The quantitative estimate of drug-likeness (QED) is 0.804. The smallest absolute Gasteiger partial charge is 0.278 e. The minimum Gasteiger partial charge on any atom is -0.333 e. The summed E-state index contributed by atoms with van der Waals surface area (Å²) in [4.78, 5) is 13.7. The van der Waals surface area contributed by atoms with Gasteiger partial charge in [0.2, 0.25) is 0 Å². The maximum absolute atomic E-state index is 12.0. The number of benzene rings is 1. The number of hydrogen-bond acceptors (Lipinski definition) is 4. The second-order valence-corrected chi connectivity index (χ2v) is 3.60. The number of aromatic nitrogens is 2. The average Bonchev–Trinajstić information content (AvgIpc) is 2.90. The molecule has 5 nitrogen and oxygen atoms in total. The van der Waals surface area contributed by atoms with Gasteiger partial charge in [0.1, 0.15) is 6.20 Å². The highest BCUT2D eigenvalue weighted by atomic mass is 16.6. The van der Waals surface area contributed by atoms with E-state index >= 15 is 0 Å². The summed E-state index contributed by atoms with van der Waals surface area (Å²) < 4.78 is 4.43. The van der Waals surface area contributed by atoms with E-state index in [0.717, 1.165) is 5.56 Å². The monoisotopic (exact) mass is 231 g/mol. The Bertz CT molecular complexity index is 468. The van der Waals surface area contributed by atoms with Gasteiger partial charge in [0.25, 0.3) is 5.91 Å². The number of carbonyl (C=O) groups is 1. The molecule has 2 rings (SSSR count). The molecule has 1 heterocycles. The van der Waals surface area contributed by atoms with E-state index in [1.54, 1.807) is 4.90 Å². The molecule has 0 N–H and O–H groups in total. The third-order valence-electron chi connectivity index (χ3n) is 2.47. The molecular formula is C12H13N3O2. The summed E-state index contributed by atoms with van der Waals surface area (Å²) in [6.07, 6.45) is 1.33. The van der Waals surface area contributed by atoms with Gasteiger partial charge in [-0.25, -0.2) is 4.63 Å². The summed E-state index contributed by atoms with van der Waals surface area (Å²) in [7, 11) is 0. The normalized spacial score (nSPS) is 10.2. The molecule has 2 aromatic rings. The first-order valence-electron chi connectivity index (χ1n) is 5.42. The topological polar surface area (TPSA) is 59.2 Å². The van der Waals surface area contributed by atoms with Crippen LogP contribution in [0.3, 0.4) is 0 Å². The van der Waals surface area contributed by atoms with E-state index in [1.165, 1.54) is 6.20 Å². The average molecular weight is 231 g/mol. The minimum absolute atomic E-state index is 0.169. The van der Waals surface area contributed by atoms with E-state index in [1.807, 2.05) is 37.3 Å². The van der Waals surface area contributed by atoms with Crippen molar-refractivity contribution in [3.8, 4) is 0 Å². The molecule has 88 valence electrons. The van der Waals surface area contributed by atoms with Crippen molar-refractivity contribution < 1.29 is 9.42 Å². The molecule has 0 atom stereocenters. The zero-order valence-corrected chi connectivity index (χ0v) is 9.54. The van der Waals surface area contributed by atoms with Gasteiger partial charge >= 0.3 is 0 Å². The van der Waals surface area contributed by atoms with Crippen molar-refractivity contribution in [3.63, 3.8) is 0 Å². The van der Waals surface area contributed by atoms with Gasteiger partial charge in [-0.2, -0.15) is 0 Å². The zero-order valence-electron chi connectivity index (χ0n) is 9.54. The summed E-state index contributed by atoms with van der Waals surface area (Å²) >= 11 is 0. The highest BCUT2D eigenvalue weighted by Gasteiger charge is 2.17. The molecule has 0 saturated heterocycles. The number of carbonyl (C=O) groups excluding carboxylic acids is 1. The van der Waals surface area contributed by atoms with Crippen molar-refractivity contribution in [1.82, 2.24) is 15.2 Å². The molecule has 0 bridgehead atoms. The van der Waals surface area contributed by atoms with Gasteiger partial charge in [-0.1, -0.05) is 35.5 Å². The zero-order chi connectivity index (χ0) is 12.1. The maximum atomic E-state index is 12.0. The lowest BCUT2D eigenvalue weighted by atomic mass is 10.2. The van der Waals surface area contributed by atoms with Crippen molar-refractivity contribution >= 4 is 5.91 Å². The SMILES string of the molecule is CCN(Cc1ccccc1)C(=O)c1cnon1.